The molecule has 0 atom stereocenters. The summed E-state index contributed by atoms with van der Waals surface area (Å²) in [5.74, 6) is 0. The summed E-state index contributed by atoms with van der Waals surface area (Å²) in [6, 6.07) is 0. The Morgan fingerprint density at radius 1 is 1.25 bits per heavy atom. The SMILES string of the molecule is CCCc1cn(C)nc1CCC. The van der Waals surface area contributed by atoms with Crippen LogP contribution in [0.25, 0.3) is 0 Å². The Bertz CT molecular complexity index is 214. The zero-order valence-corrected chi connectivity index (χ0v) is 8.30. The van der Waals surface area contributed by atoms with Gasteiger partial charge >= 0.3 is 0 Å². The third-order valence-corrected chi connectivity index (χ3v) is 2.00. The molecule has 68 valence electrons. The second-order valence-corrected chi connectivity index (χ2v) is 3.27. The molecule has 0 saturated carbocycles. The van der Waals surface area contributed by atoms with Gasteiger partial charge in [0, 0.05) is 13.2 Å². The fourth-order valence-corrected chi connectivity index (χ4v) is 1.51. The van der Waals surface area contributed by atoms with Crippen molar-refractivity contribution in [2.45, 2.75) is 39.5 Å². The van der Waals surface area contributed by atoms with E-state index in [1.54, 1.807) is 0 Å². The molecule has 2 heteroatoms. The summed E-state index contributed by atoms with van der Waals surface area (Å²) in [6.45, 7) is 4.41. The minimum atomic E-state index is 1.12. The summed E-state index contributed by atoms with van der Waals surface area (Å²) in [6.07, 6.45) is 6.84. The van der Waals surface area contributed by atoms with E-state index in [-0.39, 0.29) is 0 Å². The molecule has 0 bridgehead atoms. The molecule has 0 radical (unpaired) electrons. The van der Waals surface area contributed by atoms with E-state index < -0.39 is 0 Å². The molecule has 0 saturated heterocycles. The van der Waals surface area contributed by atoms with Gasteiger partial charge in [0.15, 0.2) is 0 Å². The number of hydrogen-bond acceptors (Lipinski definition) is 1. The molecule has 2 nitrogen and oxygen atoms in total. The van der Waals surface area contributed by atoms with Crippen molar-refractivity contribution in [3.05, 3.63) is 17.5 Å². The third kappa shape index (κ3) is 2.10. The number of rotatable bonds is 4. The molecule has 0 fully saturated rings. The van der Waals surface area contributed by atoms with Crippen LogP contribution in [-0.4, -0.2) is 9.78 Å². The Hall–Kier alpha value is -0.790. The first-order chi connectivity index (χ1) is 5.77. The van der Waals surface area contributed by atoms with Crippen LogP contribution in [0, 0.1) is 0 Å². The van der Waals surface area contributed by atoms with Gasteiger partial charge in [0.05, 0.1) is 5.69 Å². The molecule has 0 aliphatic heterocycles. The van der Waals surface area contributed by atoms with E-state index in [4.69, 9.17) is 0 Å². The van der Waals surface area contributed by atoms with E-state index in [2.05, 4.69) is 25.1 Å². The van der Waals surface area contributed by atoms with Crippen molar-refractivity contribution in [1.29, 1.82) is 0 Å². The van der Waals surface area contributed by atoms with Crippen molar-refractivity contribution in [3.8, 4) is 0 Å². The number of hydrogen-bond donors (Lipinski definition) is 0. The van der Waals surface area contributed by atoms with Crippen molar-refractivity contribution in [2.75, 3.05) is 0 Å². The minimum Gasteiger partial charge on any atom is -0.275 e. The summed E-state index contributed by atoms with van der Waals surface area (Å²) in [5.41, 5.74) is 2.73. The smallest absolute Gasteiger partial charge is 0.0656 e. The number of aryl methyl sites for hydroxylation is 3. The molecule has 1 heterocycles. The quantitative estimate of drug-likeness (QED) is 0.671. The molecule has 0 N–H and O–H groups in total. The van der Waals surface area contributed by atoms with E-state index >= 15 is 0 Å². The maximum atomic E-state index is 4.44. The zero-order chi connectivity index (χ0) is 8.97. The van der Waals surface area contributed by atoms with Crippen LogP contribution in [0.1, 0.15) is 37.9 Å². The maximum Gasteiger partial charge on any atom is 0.0656 e. The lowest BCUT2D eigenvalue weighted by atomic mass is 10.1. The largest absolute Gasteiger partial charge is 0.275 e. The monoisotopic (exact) mass is 166 g/mol. The average molecular weight is 166 g/mol. The van der Waals surface area contributed by atoms with Gasteiger partial charge < -0.3 is 0 Å². The van der Waals surface area contributed by atoms with Crippen molar-refractivity contribution in [3.63, 3.8) is 0 Å². The lowest BCUT2D eigenvalue weighted by Crippen LogP contribution is -1.92. The highest BCUT2D eigenvalue weighted by Gasteiger charge is 2.04. The van der Waals surface area contributed by atoms with Crippen LogP contribution in [0.2, 0.25) is 0 Å². The van der Waals surface area contributed by atoms with Gasteiger partial charge in [-0.15, -0.1) is 0 Å². The average Bonchev–Trinajstić information content (AvgIpc) is 2.33. The molecular weight excluding hydrogens is 148 g/mol. The lowest BCUT2D eigenvalue weighted by molar-refractivity contribution is 0.733. The van der Waals surface area contributed by atoms with Gasteiger partial charge in [-0.2, -0.15) is 5.10 Å². The molecule has 0 aliphatic carbocycles. The van der Waals surface area contributed by atoms with Gasteiger partial charge in [-0.1, -0.05) is 26.7 Å². The predicted octanol–water partition coefficient (Wildman–Crippen LogP) is 2.33. The minimum absolute atomic E-state index is 1.12. The van der Waals surface area contributed by atoms with Gasteiger partial charge in [0.2, 0.25) is 0 Å². The van der Waals surface area contributed by atoms with E-state index in [1.807, 2.05) is 11.7 Å². The van der Waals surface area contributed by atoms with Crippen LogP contribution in [0.15, 0.2) is 6.20 Å². The van der Waals surface area contributed by atoms with E-state index in [0.717, 1.165) is 6.42 Å². The van der Waals surface area contributed by atoms with Gasteiger partial charge in [-0.25, -0.2) is 0 Å². The molecular formula is C10H18N2. The summed E-state index contributed by atoms with van der Waals surface area (Å²) in [5, 5.41) is 4.44. The highest BCUT2D eigenvalue weighted by molar-refractivity contribution is 5.17. The Kier molecular flexibility index (Phi) is 3.32. The van der Waals surface area contributed by atoms with Crippen LogP contribution in [0.5, 0.6) is 0 Å². The van der Waals surface area contributed by atoms with Crippen molar-refractivity contribution in [2.24, 2.45) is 7.05 Å². The first-order valence-corrected chi connectivity index (χ1v) is 4.79. The highest BCUT2D eigenvalue weighted by atomic mass is 15.2. The van der Waals surface area contributed by atoms with Crippen LogP contribution in [0.3, 0.4) is 0 Å². The van der Waals surface area contributed by atoms with Gasteiger partial charge in [0.1, 0.15) is 0 Å². The van der Waals surface area contributed by atoms with Crippen LogP contribution in [-0.2, 0) is 19.9 Å². The Labute approximate surface area is 74.6 Å². The number of nitrogens with zero attached hydrogens (tertiary/aromatic N) is 2. The van der Waals surface area contributed by atoms with Gasteiger partial charge in [-0.05, 0) is 18.4 Å². The first-order valence-electron chi connectivity index (χ1n) is 4.79. The molecule has 1 aromatic heterocycles. The summed E-state index contributed by atoms with van der Waals surface area (Å²) >= 11 is 0. The van der Waals surface area contributed by atoms with Gasteiger partial charge in [0.25, 0.3) is 0 Å². The molecule has 0 amide bonds. The summed E-state index contributed by atoms with van der Waals surface area (Å²) in [4.78, 5) is 0. The van der Waals surface area contributed by atoms with E-state index in [0.29, 0.717) is 0 Å². The topological polar surface area (TPSA) is 17.8 Å². The van der Waals surface area contributed by atoms with E-state index in [9.17, 15) is 0 Å². The molecule has 0 unspecified atom stereocenters. The lowest BCUT2D eigenvalue weighted by Gasteiger charge is -1.96. The van der Waals surface area contributed by atoms with Crippen molar-refractivity contribution in [1.82, 2.24) is 9.78 Å². The molecule has 0 aromatic carbocycles. The van der Waals surface area contributed by atoms with Crippen molar-refractivity contribution >= 4 is 0 Å². The fraction of sp³-hybridized carbons (Fsp3) is 0.700. The second kappa shape index (κ2) is 4.29. The molecule has 1 rings (SSSR count). The Morgan fingerprint density at radius 3 is 2.50 bits per heavy atom. The first kappa shape index (κ1) is 9.30. The Morgan fingerprint density at radius 2 is 1.92 bits per heavy atom. The van der Waals surface area contributed by atoms with Crippen LogP contribution >= 0.6 is 0 Å². The molecule has 0 aliphatic rings. The number of aromatic nitrogens is 2. The van der Waals surface area contributed by atoms with Crippen LogP contribution in [0.4, 0.5) is 0 Å². The fourth-order valence-electron chi connectivity index (χ4n) is 1.51. The third-order valence-electron chi connectivity index (χ3n) is 2.00. The van der Waals surface area contributed by atoms with Crippen LogP contribution < -0.4 is 0 Å². The predicted molar refractivity (Wildman–Crippen MR) is 51.2 cm³/mol. The van der Waals surface area contributed by atoms with Gasteiger partial charge in [-0.3, -0.25) is 4.68 Å². The highest BCUT2D eigenvalue weighted by Crippen LogP contribution is 2.10. The molecule has 0 spiro atoms. The zero-order valence-electron chi connectivity index (χ0n) is 8.30. The second-order valence-electron chi connectivity index (χ2n) is 3.27. The maximum absolute atomic E-state index is 4.44. The van der Waals surface area contributed by atoms with Crippen molar-refractivity contribution < 1.29 is 0 Å². The summed E-state index contributed by atoms with van der Waals surface area (Å²) in [7, 11) is 2.00. The normalized spacial score (nSPS) is 10.6. The molecule has 12 heavy (non-hydrogen) atoms. The standard InChI is InChI=1S/C10H18N2/c1-4-6-9-8-12(3)11-10(9)7-5-2/h8H,4-7H2,1-3H3. The Balaban J connectivity index is 2.76. The summed E-state index contributed by atoms with van der Waals surface area (Å²) < 4.78 is 1.93. The van der Waals surface area contributed by atoms with E-state index in [1.165, 1.54) is 30.5 Å². The molecule has 1 aromatic rings.